The van der Waals surface area contributed by atoms with E-state index < -0.39 is 8.41 Å². The third kappa shape index (κ3) is 2.59. The van der Waals surface area contributed by atoms with Crippen LogP contribution in [0.3, 0.4) is 0 Å². The minimum Gasteiger partial charge on any atom is -0.296 e. The number of halogens is 2. The molecule has 0 bridgehead atoms. The number of hydrogen-bond donors (Lipinski definition) is 0. The van der Waals surface area contributed by atoms with Crippen molar-refractivity contribution in [3.63, 3.8) is 0 Å². The highest BCUT2D eigenvalue weighted by molar-refractivity contribution is 9.10. The lowest BCUT2D eigenvalue weighted by molar-refractivity contribution is 0.841. The molecule has 0 aliphatic rings. The zero-order chi connectivity index (χ0) is 14.7. The summed E-state index contributed by atoms with van der Waals surface area (Å²) >= 11 is 3.52. The van der Waals surface area contributed by atoms with Crippen molar-refractivity contribution in [3.8, 4) is 0 Å². The van der Waals surface area contributed by atoms with Crippen LogP contribution in [0.15, 0.2) is 89.4 Å². The van der Waals surface area contributed by atoms with E-state index in [1.54, 1.807) is 0 Å². The summed E-state index contributed by atoms with van der Waals surface area (Å²) in [6, 6.07) is 26.6. The van der Waals surface area contributed by atoms with Crippen molar-refractivity contribution >= 4 is 39.9 Å². The average molecular weight is 357 g/mol. The molecule has 3 heteroatoms. The fraction of sp³-hybridized carbons (Fsp3) is 0. The summed E-state index contributed by atoms with van der Waals surface area (Å²) in [6.45, 7) is 0. The number of rotatable bonds is 3. The van der Waals surface area contributed by atoms with Crippen LogP contribution in [0.4, 0.5) is 4.11 Å². The Bertz CT molecular complexity index is 689. The van der Waals surface area contributed by atoms with Crippen molar-refractivity contribution in [2.45, 2.75) is 0 Å². The molecule has 0 heterocycles. The Kier molecular flexibility index (Phi) is 4.04. The molecule has 0 aromatic heterocycles. The first kappa shape index (κ1) is 14.2. The Morgan fingerprint density at radius 2 is 1.05 bits per heavy atom. The van der Waals surface area contributed by atoms with E-state index in [9.17, 15) is 0 Å². The van der Waals surface area contributed by atoms with Gasteiger partial charge >= 0.3 is 8.41 Å². The van der Waals surface area contributed by atoms with Crippen molar-refractivity contribution in [2.75, 3.05) is 0 Å². The third-order valence-corrected chi connectivity index (χ3v) is 8.08. The fourth-order valence-corrected chi connectivity index (χ4v) is 6.66. The predicted molar refractivity (Wildman–Crippen MR) is 92.8 cm³/mol. The zero-order valence-electron chi connectivity index (χ0n) is 11.3. The third-order valence-electron chi connectivity index (χ3n) is 3.59. The molecular weight excluding hydrogens is 343 g/mol. The Balaban J connectivity index is 2.29. The van der Waals surface area contributed by atoms with E-state index in [0.717, 1.165) is 20.0 Å². The molecule has 0 atom stereocenters. The van der Waals surface area contributed by atoms with E-state index in [2.05, 4.69) is 15.9 Å². The smallest absolute Gasteiger partial charge is 0.296 e. The molecule has 3 rings (SSSR count). The Morgan fingerprint density at radius 1 is 0.619 bits per heavy atom. The largest absolute Gasteiger partial charge is 0.340 e. The van der Waals surface area contributed by atoms with Gasteiger partial charge in [0.1, 0.15) is 0 Å². The van der Waals surface area contributed by atoms with Crippen LogP contribution in [0, 0.1) is 0 Å². The maximum atomic E-state index is 16.4. The van der Waals surface area contributed by atoms with Gasteiger partial charge in [-0.05, 0) is 21.6 Å². The lowest BCUT2D eigenvalue weighted by Crippen LogP contribution is -2.64. The minimum atomic E-state index is -3.47. The number of hydrogen-bond acceptors (Lipinski definition) is 0. The maximum absolute atomic E-state index is 16.4. The fourth-order valence-electron chi connectivity index (χ4n) is 2.55. The molecule has 0 amide bonds. The van der Waals surface area contributed by atoms with E-state index in [4.69, 9.17) is 0 Å². The second-order valence-electron chi connectivity index (χ2n) is 4.87. The van der Waals surface area contributed by atoms with E-state index in [1.807, 2.05) is 84.9 Å². The van der Waals surface area contributed by atoms with Crippen molar-refractivity contribution in [1.29, 1.82) is 0 Å². The van der Waals surface area contributed by atoms with Gasteiger partial charge in [-0.2, -0.15) is 0 Å². The van der Waals surface area contributed by atoms with Gasteiger partial charge in [-0.1, -0.05) is 94.8 Å². The molecule has 0 aliphatic carbocycles. The first-order chi connectivity index (χ1) is 10.2. The first-order valence-electron chi connectivity index (χ1n) is 6.78. The van der Waals surface area contributed by atoms with Crippen LogP contribution in [0.5, 0.6) is 0 Å². The van der Waals surface area contributed by atoms with E-state index in [-0.39, 0.29) is 0 Å². The maximum Gasteiger partial charge on any atom is 0.340 e. The Labute approximate surface area is 133 Å². The van der Waals surface area contributed by atoms with Crippen molar-refractivity contribution in [3.05, 3.63) is 89.4 Å². The highest BCUT2D eigenvalue weighted by atomic mass is 79.9. The second kappa shape index (κ2) is 5.96. The summed E-state index contributed by atoms with van der Waals surface area (Å²) in [5, 5.41) is 2.29. The van der Waals surface area contributed by atoms with Crippen molar-refractivity contribution < 1.29 is 4.11 Å². The summed E-state index contributed by atoms with van der Waals surface area (Å²) in [6.07, 6.45) is 0. The molecule has 0 fully saturated rings. The summed E-state index contributed by atoms with van der Waals surface area (Å²) in [7, 11) is -3.47. The first-order valence-corrected chi connectivity index (χ1v) is 9.45. The van der Waals surface area contributed by atoms with Crippen LogP contribution in [0.1, 0.15) is 0 Å². The molecule has 0 unspecified atom stereocenters. The molecule has 21 heavy (non-hydrogen) atoms. The zero-order valence-corrected chi connectivity index (χ0v) is 13.9. The molecule has 0 spiro atoms. The molecule has 0 radical (unpaired) electrons. The molecule has 0 nitrogen and oxygen atoms in total. The highest BCUT2D eigenvalue weighted by Crippen LogP contribution is 2.15. The molecule has 3 aromatic carbocycles. The SMILES string of the molecule is F[Si](c1ccccc1)(c1ccccc1)c1ccccc1Br. The van der Waals surface area contributed by atoms with Gasteiger partial charge in [-0.25, -0.2) is 0 Å². The monoisotopic (exact) mass is 356 g/mol. The molecule has 104 valence electrons. The summed E-state index contributed by atoms with van der Waals surface area (Å²) in [5.74, 6) is 0. The average Bonchev–Trinajstić information content (AvgIpc) is 2.56. The van der Waals surface area contributed by atoms with Crippen molar-refractivity contribution in [1.82, 2.24) is 0 Å². The van der Waals surface area contributed by atoms with Crippen LogP contribution in [0.25, 0.3) is 0 Å². The summed E-state index contributed by atoms with van der Waals surface area (Å²) in [4.78, 5) is 0. The number of benzene rings is 3. The van der Waals surface area contributed by atoms with E-state index in [0.29, 0.717) is 0 Å². The molecule has 0 saturated carbocycles. The van der Waals surface area contributed by atoms with E-state index >= 15 is 4.11 Å². The van der Waals surface area contributed by atoms with Gasteiger partial charge in [0, 0.05) is 4.47 Å². The van der Waals surface area contributed by atoms with Gasteiger partial charge in [0.15, 0.2) is 0 Å². The highest BCUT2D eigenvalue weighted by Gasteiger charge is 2.42. The van der Waals surface area contributed by atoms with Gasteiger partial charge in [0.05, 0.1) is 0 Å². The normalized spacial score (nSPS) is 11.3. The van der Waals surface area contributed by atoms with Crippen LogP contribution in [-0.2, 0) is 0 Å². The van der Waals surface area contributed by atoms with Gasteiger partial charge in [-0.15, -0.1) is 0 Å². The molecule has 3 aromatic rings. The topological polar surface area (TPSA) is 0 Å². The van der Waals surface area contributed by atoms with Crippen LogP contribution >= 0.6 is 15.9 Å². The quantitative estimate of drug-likeness (QED) is 0.383. The van der Waals surface area contributed by atoms with Gasteiger partial charge < -0.3 is 0 Å². The standard InChI is InChI=1S/C18H14BrFSi/c19-17-13-7-8-14-18(17)21(20,15-9-3-1-4-10-15)16-11-5-2-6-12-16/h1-14H. The molecular formula is C18H14BrFSi. The minimum absolute atomic E-state index is 0.752. The van der Waals surface area contributed by atoms with Crippen molar-refractivity contribution in [2.24, 2.45) is 0 Å². The summed E-state index contributed by atoms with van der Waals surface area (Å²) < 4.78 is 17.2. The Hall–Kier alpha value is -1.71. The second-order valence-corrected chi connectivity index (χ2v) is 8.74. The van der Waals surface area contributed by atoms with E-state index in [1.165, 1.54) is 0 Å². The van der Waals surface area contributed by atoms with Gasteiger partial charge in [0.2, 0.25) is 0 Å². The molecule has 0 saturated heterocycles. The van der Waals surface area contributed by atoms with Gasteiger partial charge in [0.25, 0.3) is 0 Å². The predicted octanol–water partition coefficient (Wildman–Crippen LogP) is 3.39. The lowest BCUT2D eigenvalue weighted by atomic mass is 10.3. The van der Waals surface area contributed by atoms with Crippen LogP contribution in [0.2, 0.25) is 0 Å². The molecule has 0 N–H and O–H groups in total. The Morgan fingerprint density at radius 3 is 1.52 bits per heavy atom. The molecule has 0 aliphatic heterocycles. The van der Waals surface area contributed by atoms with Crippen LogP contribution < -0.4 is 15.6 Å². The lowest BCUT2D eigenvalue weighted by Gasteiger charge is -2.25. The van der Waals surface area contributed by atoms with Crippen LogP contribution in [-0.4, -0.2) is 8.41 Å². The summed E-state index contributed by atoms with van der Waals surface area (Å²) in [5.41, 5.74) is 0. The van der Waals surface area contributed by atoms with Gasteiger partial charge in [-0.3, -0.25) is 4.11 Å².